The number of hydrogen-bond donors (Lipinski definition) is 3. The van der Waals surface area contributed by atoms with Gasteiger partial charge in [-0.3, -0.25) is 10.0 Å². The normalized spacial score (nSPS) is 12.9. The van der Waals surface area contributed by atoms with E-state index in [-0.39, 0.29) is 4.90 Å². The summed E-state index contributed by atoms with van der Waals surface area (Å²) in [7, 11) is -2.32. The van der Waals surface area contributed by atoms with Crippen LogP contribution in [-0.4, -0.2) is 39.9 Å². The molecule has 0 radical (unpaired) electrons. The molecule has 0 aliphatic carbocycles. The number of rotatable bonds is 9. The van der Waals surface area contributed by atoms with E-state index in [9.17, 15) is 18.4 Å². The Morgan fingerprint density at radius 1 is 1.15 bits per heavy atom. The van der Waals surface area contributed by atoms with Gasteiger partial charge in [0.2, 0.25) is 10.0 Å². The topological polar surface area (TPSA) is 123 Å². The summed E-state index contributed by atoms with van der Waals surface area (Å²) in [6.45, 7) is 3.37. The van der Waals surface area contributed by atoms with Crippen LogP contribution in [0.2, 0.25) is 0 Å². The highest BCUT2D eigenvalue weighted by molar-refractivity contribution is 9.10. The second kappa shape index (κ2) is 10.3. The van der Waals surface area contributed by atoms with Crippen molar-refractivity contribution in [2.75, 3.05) is 0 Å². The van der Waals surface area contributed by atoms with E-state index in [1.165, 1.54) is 36.0 Å². The molecule has 1 unspecified atom stereocenters. The molecule has 0 fully saturated rings. The maximum Gasteiger partial charge on any atom is 0.262 e. The molecule has 0 saturated carbocycles. The number of benzene rings is 2. The summed E-state index contributed by atoms with van der Waals surface area (Å²) in [6.07, 6.45) is 3.34. The molecule has 1 atom stereocenters. The van der Waals surface area contributed by atoms with Gasteiger partial charge in [-0.1, -0.05) is 27.7 Å². The van der Waals surface area contributed by atoms with Crippen molar-refractivity contribution in [1.82, 2.24) is 19.8 Å². The lowest BCUT2D eigenvalue weighted by Crippen LogP contribution is -2.55. The summed E-state index contributed by atoms with van der Waals surface area (Å²) >= 11 is 4.55. The van der Waals surface area contributed by atoms with Gasteiger partial charge in [-0.25, -0.2) is 18.9 Å². The summed E-state index contributed by atoms with van der Waals surface area (Å²) < 4.78 is 35.9. The first-order chi connectivity index (χ1) is 15.5. The van der Waals surface area contributed by atoms with E-state index >= 15 is 0 Å². The van der Waals surface area contributed by atoms with Gasteiger partial charge < -0.3 is 9.30 Å². The Bertz CT molecular complexity index is 1210. The number of thioether (sulfide) groups is 1. The van der Waals surface area contributed by atoms with Gasteiger partial charge >= 0.3 is 0 Å². The SMILES string of the molecule is Cn1ccnc1SC(C)(C)C(NS(=O)(=O)c1ccc(Oc2ccc(Br)cc2)cc1)C(=O)NO. The summed E-state index contributed by atoms with van der Waals surface area (Å²) in [6, 6.07) is 11.7. The zero-order valence-corrected chi connectivity index (χ0v) is 21.2. The molecule has 2 aromatic carbocycles. The van der Waals surface area contributed by atoms with Crippen molar-refractivity contribution < 1.29 is 23.2 Å². The number of hydroxylamine groups is 1. The Labute approximate surface area is 204 Å². The number of carbonyl (C=O) groups excluding carboxylic acids is 1. The van der Waals surface area contributed by atoms with Gasteiger partial charge in [0, 0.05) is 28.7 Å². The third kappa shape index (κ3) is 6.36. The number of aryl methyl sites for hydroxylation is 1. The van der Waals surface area contributed by atoms with Crippen molar-refractivity contribution in [2.45, 2.75) is 34.7 Å². The highest BCUT2D eigenvalue weighted by Gasteiger charge is 2.40. The van der Waals surface area contributed by atoms with Crippen LogP contribution >= 0.6 is 27.7 Å². The van der Waals surface area contributed by atoms with E-state index in [4.69, 9.17) is 4.74 Å². The van der Waals surface area contributed by atoms with Gasteiger partial charge in [0.05, 0.1) is 4.90 Å². The van der Waals surface area contributed by atoms with Gasteiger partial charge in [0.15, 0.2) is 5.16 Å². The van der Waals surface area contributed by atoms with Crippen molar-refractivity contribution >= 4 is 43.6 Å². The van der Waals surface area contributed by atoms with Gasteiger partial charge in [-0.05, 0) is 62.4 Å². The first kappa shape index (κ1) is 25.2. The van der Waals surface area contributed by atoms with Crippen LogP contribution in [-0.2, 0) is 21.9 Å². The average Bonchev–Trinajstić information content (AvgIpc) is 3.17. The van der Waals surface area contributed by atoms with Crippen LogP contribution < -0.4 is 14.9 Å². The van der Waals surface area contributed by atoms with Gasteiger partial charge in [-0.2, -0.15) is 4.72 Å². The molecule has 0 aliphatic rings. The Hall–Kier alpha value is -2.38. The van der Waals surface area contributed by atoms with Crippen molar-refractivity contribution in [1.29, 1.82) is 0 Å². The summed E-state index contributed by atoms with van der Waals surface area (Å²) in [5, 5.41) is 9.81. The van der Waals surface area contributed by atoms with Crippen molar-refractivity contribution in [3.63, 3.8) is 0 Å². The summed E-state index contributed by atoms with van der Waals surface area (Å²) in [5.74, 6) is 0.159. The van der Waals surface area contributed by atoms with E-state index < -0.39 is 26.7 Å². The number of sulfonamides is 1. The molecule has 0 spiro atoms. The molecule has 3 N–H and O–H groups in total. The van der Waals surface area contributed by atoms with E-state index in [0.29, 0.717) is 16.7 Å². The largest absolute Gasteiger partial charge is 0.457 e. The third-order valence-corrected chi connectivity index (χ3v) is 7.96. The number of hydrogen-bond acceptors (Lipinski definition) is 7. The van der Waals surface area contributed by atoms with Gasteiger partial charge in [0.25, 0.3) is 5.91 Å². The first-order valence-electron chi connectivity index (χ1n) is 9.68. The monoisotopic (exact) mass is 554 g/mol. The second-order valence-corrected chi connectivity index (χ2v) is 11.8. The zero-order chi connectivity index (χ0) is 24.2. The highest BCUT2D eigenvalue weighted by Crippen LogP contribution is 2.35. The minimum Gasteiger partial charge on any atom is -0.457 e. The van der Waals surface area contributed by atoms with Crippen molar-refractivity contribution in [2.24, 2.45) is 7.05 Å². The predicted octanol–water partition coefficient (Wildman–Crippen LogP) is 3.70. The van der Waals surface area contributed by atoms with Crippen LogP contribution in [0, 0.1) is 0 Å². The molecule has 0 bridgehead atoms. The number of nitrogens with zero attached hydrogens (tertiary/aromatic N) is 2. The molecule has 9 nitrogen and oxygen atoms in total. The Morgan fingerprint density at radius 3 is 2.24 bits per heavy atom. The third-order valence-electron chi connectivity index (χ3n) is 4.66. The van der Waals surface area contributed by atoms with Crippen molar-refractivity contribution in [3.05, 3.63) is 65.4 Å². The van der Waals surface area contributed by atoms with Crippen LogP contribution in [0.4, 0.5) is 0 Å². The molecule has 1 aromatic heterocycles. The van der Waals surface area contributed by atoms with Crippen LogP contribution in [0.25, 0.3) is 0 Å². The number of carbonyl (C=O) groups is 1. The van der Waals surface area contributed by atoms with Crippen LogP contribution in [0.15, 0.2) is 75.4 Å². The van der Waals surface area contributed by atoms with Crippen molar-refractivity contribution in [3.8, 4) is 11.5 Å². The lowest BCUT2D eigenvalue weighted by molar-refractivity contribution is -0.131. The maximum absolute atomic E-state index is 13.0. The lowest BCUT2D eigenvalue weighted by atomic mass is 10.0. The van der Waals surface area contributed by atoms with E-state index in [1.807, 2.05) is 12.1 Å². The minimum absolute atomic E-state index is 0.0563. The number of imidazole rings is 1. The number of halogens is 1. The second-order valence-electron chi connectivity index (χ2n) is 7.58. The molecule has 0 aliphatic heterocycles. The molecule has 0 saturated heterocycles. The fourth-order valence-electron chi connectivity index (χ4n) is 2.87. The van der Waals surface area contributed by atoms with Gasteiger partial charge in [-0.15, -0.1) is 0 Å². The zero-order valence-electron chi connectivity index (χ0n) is 18.0. The Balaban J connectivity index is 1.79. The number of nitrogens with one attached hydrogen (secondary N) is 2. The molecule has 3 aromatic rings. The number of aromatic nitrogens is 2. The fourth-order valence-corrected chi connectivity index (χ4v) is 5.62. The average molecular weight is 555 g/mol. The molecule has 176 valence electrons. The van der Waals surface area contributed by atoms with E-state index in [2.05, 4.69) is 25.6 Å². The van der Waals surface area contributed by atoms with E-state index in [0.717, 1.165) is 4.47 Å². The fraction of sp³-hybridized carbons (Fsp3) is 0.238. The first-order valence-corrected chi connectivity index (χ1v) is 12.8. The minimum atomic E-state index is -4.11. The lowest BCUT2D eigenvalue weighted by Gasteiger charge is -2.32. The molecule has 1 amide bonds. The quantitative estimate of drug-likeness (QED) is 0.209. The molecule has 12 heteroatoms. The summed E-state index contributed by atoms with van der Waals surface area (Å²) in [5.41, 5.74) is 1.55. The molecule has 33 heavy (non-hydrogen) atoms. The molecular weight excluding hydrogens is 532 g/mol. The Kier molecular flexibility index (Phi) is 7.85. The smallest absolute Gasteiger partial charge is 0.262 e. The van der Waals surface area contributed by atoms with Gasteiger partial charge in [0.1, 0.15) is 17.5 Å². The number of amides is 1. The number of ether oxygens (including phenoxy) is 1. The molecular formula is C21H23BrN4O5S2. The molecule has 3 rings (SSSR count). The van der Waals surface area contributed by atoms with E-state index in [1.54, 1.807) is 55.5 Å². The Morgan fingerprint density at radius 2 is 1.73 bits per heavy atom. The summed E-state index contributed by atoms with van der Waals surface area (Å²) in [4.78, 5) is 16.6. The standard InChI is InChI=1S/C21H23BrN4O5S2/c1-21(2,32-20-23-12-13-26(20)3)18(19(27)24-28)25-33(29,30)17-10-8-16(9-11-17)31-15-6-4-14(22)5-7-15/h4-13,18,25,28H,1-3H3,(H,24,27). The maximum atomic E-state index is 13.0. The van der Waals surface area contributed by atoms with Crippen LogP contribution in [0.3, 0.4) is 0 Å². The molecule has 1 heterocycles. The van der Waals surface area contributed by atoms with Crippen LogP contribution in [0.1, 0.15) is 13.8 Å². The van der Waals surface area contributed by atoms with Crippen LogP contribution in [0.5, 0.6) is 11.5 Å². The predicted molar refractivity (Wildman–Crippen MR) is 128 cm³/mol. The highest BCUT2D eigenvalue weighted by atomic mass is 79.9.